The lowest BCUT2D eigenvalue weighted by Crippen LogP contribution is -2.66. The molecule has 2 saturated heterocycles. The van der Waals surface area contributed by atoms with E-state index >= 15 is 0 Å². The van der Waals surface area contributed by atoms with Gasteiger partial charge in [-0.1, -0.05) is 42.5 Å². The molecule has 0 amide bonds. The smallest absolute Gasteiger partial charge is 0.476 e. The number of nitrogens with zero attached hydrogens (tertiary/aromatic N) is 3. The summed E-state index contributed by atoms with van der Waals surface area (Å²) < 4.78 is 445. The third-order valence-electron chi connectivity index (χ3n) is 11.1. The van der Waals surface area contributed by atoms with Crippen LogP contribution in [0.2, 0.25) is 0 Å². The van der Waals surface area contributed by atoms with E-state index < -0.39 is 279 Å². The Bertz CT molecular complexity index is 4100. The van der Waals surface area contributed by atoms with Gasteiger partial charge < -0.3 is 116 Å². The van der Waals surface area contributed by atoms with E-state index in [1.165, 1.54) is 5.56 Å². The molecule has 2 aliphatic heterocycles. The van der Waals surface area contributed by atoms with Crippen molar-refractivity contribution >= 4 is 215 Å². The van der Waals surface area contributed by atoms with Crippen LogP contribution in [0.5, 0.6) is 5.88 Å². The molecule has 55 nitrogen and oxygen atoms in total. The molecule has 2 aromatic carbocycles. The van der Waals surface area contributed by atoms with Crippen LogP contribution < -0.4 is 4.74 Å². The van der Waals surface area contributed by atoms with Gasteiger partial charge in [-0.05, 0) is 38.2 Å². The van der Waals surface area contributed by atoms with Crippen LogP contribution in [0.4, 0.5) is 0 Å². The minimum absolute atomic E-state index is 0.685. The number of hydrogen-bond donors (Lipinski definition) is 16. The number of para-hydroxylation sites is 1. The van der Waals surface area contributed by atoms with Gasteiger partial charge in [0.25, 0.3) is 0 Å². The lowest BCUT2D eigenvalue weighted by atomic mass is 9.99. The summed E-state index contributed by atoms with van der Waals surface area (Å²) in [6, 6.07) is 18.6. The molecule has 16 N–H and O–H groups in total. The van der Waals surface area contributed by atoms with Crippen LogP contribution in [-0.4, -0.2) is 372 Å². The van der Waals surface area contributed by atoms with Crippen LogP contribution in [0.1, 0.15) is 12.0 Å². The highest BCUT2D eigenvalue weighted by Crippen LogP contribution is 2.44. The quantitative estimate of drug-likeness (QED) is 0.0185. The van der Waals surface area contributed by atoms with Crippen molar-refractivity contribution in [3.8, 4) is 5.88 Å². The van der Waals surface area contributed by atoms with Gasteiger partial charge in [-0.25, -0.2) is 33.5 Å². The monoisotopic (exact) mass is 1770 g/mol. The van der Waals surface area contributed by atoms with Crippen LogP contribution >= 0.6 is 0 Å². The van der Waals surface area contributed by atoms with E-state index in [2.05, 4.69) is 120 Å². The Kier molecular flexibility index (Phi) is 38.0. The number of rotatable bonds is 44. The van der Waals surface area contributed by atoms with Gasteiger partial charge in [-0.3, -0.25) is 4.68 Å². The highest BCUT2D eigenvalue weighted by atomic mass is 32.3. The standard InChI is InChI=1S/C19H23N3O.C12H22O35S8.8Al.16H2O/c1-21(2)13-8-14-23-19-17-11-6-7-12-18(17)22(20-19)15-16-9-4-3-5-10-16;13-48(14,15)37-1-4-6(43-51(22,23)24)8(45-53(28,29)30)9(46-54(31,32)33)11(40-4)42-12(3-39-50(19,20)21)10(47-55(34,35)36)7(44-52(25,26)27)5(41-12)2-38-49(16,17)18;;;;;;;;;;;;;;;;;;;;;;;;/h3-7,9-12H,8,13-15H2,1-2H3;4-11H,1-3H2,(H,13,14,15)(H,16,17,18)(H,19,20,21)(H,22,23,24)(H,25,26,27)(H,28,29,30)(H,31,32,33)(H,34,35,36);;;;;;;;;16*1H2/q;;8*+3;;;;;;;;;;;;;;;;/p-24/t;4-,5-,6-,7-,8+,9-,10+,11-,12+;;;;;;;;;;;;;;;;;;;;;;;;/m.1......................../s1. The van der Waals surface area contributed by atoms with E-state index in [4.69, 9.17) is 27.3 Å². The summed E-state index contributed by atoms with van der Waals surface area (Å²) >= 11 is -40.5. The number of hydrogen-bond acceptors (Lipinski definition) is 54. The molecule has 3 heterocycles. The minimum atomic E-state index is -6.58. The van der Waals surface area contributed by atoms with E-state index in [9.17, 15) is 126 Å². The first-order chi connectivity index (χ1) is 46.7. The number of benzene rings is 2. The van der Waals surface area contributed by atoms with Gasteiger partial charge in [-0.2, -0.15) is 67.3 Å². The fourth-order valence-electron chi connectivity index (χ4n) is 7.88. The zero-order chi connectivity index (χ0) is 77.4. The molecule has 3 aromatic rings. The molecule has 0 saturated carbocycles. The number of fused-ring (bicyclic) bond motifs is 1. The SMILES string of the molecule is CN(C)CCCOc1nn(Cc2ccccc2)c2ccccc12.O=S(=O)(OC[C@H]1O[C@@](COS(=O)(=O)[O][Al]([OH])[OH])(O[C@H]2O[C@H](COS(=O)(=O)[O][Al]([OH])[OH])[C@@H](OS(=O)(=O)[O][Al]([OH])[OH])[C@H](OS(=O)(=O)[O][Al]([OH])[OH])[C@H]2OS(=O)(=O)[O][Al]([OH])[OH])[C@@H](OS(=O)(=O)[O][Al]([OH])[OH])[C@@H]1OS(=O)(=O)[O][Al]([OH])[OH])[O][Al]([OH])[OH]. The second kappa shape index (κ2) is 41.1. The van der Waals surface area contributed by atoms with Gasteiger partial charge in [-0.15, -0.1) is 5.10 Å². The Morgan fingerprint density at radius 3 is 1.29 bits per heavy atom. The van der Waals surface area contributed by atoms with Crippen molar-refractivity contribution in [1.29, 1.82) is 0 Å². The van der Waals surface area contributed by atoms with Gasteiger partial charge in [0.15, 0.2) is 18.5 Å². The van der Waals surface area contributed by atoms with Gasteiger partial charge in [0, 0.05) is 6.54 Å². The molecule has 71 heteroatoms. The van der Waals surface area contributed by atoms with Crippen LogP contribution in [0.25, 0.3) is 10.9 Å². The zero-order valence-electron chi connectivity index (χ0n) is 50.3. The normalized spacial score (nSPS) is 21.7. The fraction of sp³-hybridized carbons (Fsp3) is 0.581. The average Bonchev–Trinajstić information content (AvgIpc) is 1.50. The Balaban J connectivity index is 0.000000797. The molecular weight excluding hydrogens is 1720 g/mol. The van der Waals surface area contributed by atoms with Crippen molar-refractivity contribution in [3.05, 3.63) is 60.2 Å². The van der Waals surface area contributed by atoms with Gasteiger partial charge in [0.1, 0.15) is 37.1 Å². The van der Waals surface area contributed by atoms with Crippen LogP contribution in [0.15, 0.2) is 54.6 Å². The molecular formula is C31H53Al8N3O52S8. The lowest BCUT2D eigenvalue weighted by Gasteiger charge is -2.46. The second-order valence-corrected chi connectivity index (χ2v) is 38.4. The van der Waals surface area contributed by atoms with Crippen LogP contribution in [0, 0.1) is 0 Å². The van der Waals surface area contributed by atoms with E-state index in [1.807, 2.05) is 22.9 Å². The molecule has 2 aliphatic rings. The molecule has 576 valence electrons. The lowest BCUT2D eigenvalue weighted by molar-refractivity contribution is -0.374. The Morgan fingerprint density at radius 1 is 0.461 bits per heavy atom. The summed E-state index contributed by atoms with van der Waals surface area (Å²) in [6.07, 6.45) is -28.4. The highest BCUT2D eigenvalue weighted by Gasteiger charge is 2.66. The van der Waals surface area contributed by atoms with Gasteiger partial charge in [0.2, 0.25) is 11.7 Å². The summed E-state index contributed by atoms with van der Waals surface area (Å²) in [6.45, 7) is -4.79. The maximum atomic E-state index is 13.2. The molecule has 1 aromatic heterocycles. The van der Waals surface area contributed by atoms with Crippen molar-refractivity contribution in [2.75, 3.05) is 47.1 Å². The number of aromatic nitrogens is 2. The van der Waals surface area contributed by atoms with Crippen LogP contribution in [0.3, 0.4) is 0 Å². The molecule has 0 aliphatic carbocycles. The van der Waals surface area contributed by atoms with Gasteiger partial charge >= 0.3 is 204 Å². The molecule has 0 unspecified atom stereocenters. The first kappa shape index (κ1) is 94.5. The Hall–Kier alpha value is 0.130. The van der Waals surface area contributed by atoms with Gasteiger partial charge in [0.05, 0.1) is 37.3 Å². The summed E-state index contributed by atoms with van der Waals surface area (Å²) in [4.78, 5) is 2.16. The molecule has 2 fully saturated rings. The first-order valence-corrected chi connectivity index (χ1v) is 48.9. The van der Waals surface area contributed by atoms with Crippen molar-refractivity contribution in [3.63, 3.8) is 0 Å². The summed E-state index contributed by atoms with van der Waals surface area (Å²) in [5, 5.41) is 5.76. The van der Waals surface area contributed by atoms with E-state index in [0.717, 1.165) is 36.3 Å². The molecule has 5 rings (SSSR count). The van der Waals surface area contributed by atoms with Crippen LogP contribution in [-0.2, 0) is 163 Å². The largest absolute Gasteiger partial charge is 0.917 e. The first-order valence-electron chi connectivity index (χ1n) is 26.2. The number of ether oxygens (including phenoxy) is 4. The minimum Gasteiger partial charge on any atom is -0.476 e. The fourth-order valence-corrected chi connectivity index (χ4v) is 19.6. The molecule has 102 heavy (non-hydrogen) atoms. The molecule has 0 radical (unpaired) electrons. The zero-order valence-corrected chi connectivity index (χ0v) is 66.1. The highest BCUT2D eigenvalue weighted by molar-refractivity contribution is 7.84. The third-order valence-corrected chi connectivity index (χ3v) is 27.7. The summed E-state index contributed by atoms with van der Waals surface area (Å²) in [7, 11) is -46.6. The van der Waals surface area contributed by atoms with E-state index in [0.29, 0.717) is 6.61 Å². The average molecular weight is 1770 g/mol. The molecule has 0 spiro atoms. The maximum absolute atomic E-state index is 13.2. The van der Waals surface area contributed by atoms with Crippen molar-refractivity contribution in [1.82, 2.24) is 14.7 Å². The van der Waals surface area contributed by atoms with Crippen molar-refractivity contribution < 1.29 is 212 Å². The molecule has 9 atom stereocenters. The molecule has 0 bridgehead atoms. The topological polar surface area (TPSA) is 802 Å². The van der Waals surface area contributed by atoms with E-state index in [1.54, 1.807) is 0 Å². The summed E-state index contributed by atoms with van der Waals surface area (Å²) in [5.41, 5.74) is 2.35. The van der Waals surface area contributed by atoms with Crippen molar-refractivity contribution in [2.45, 2.75) is 67.8 Å². The second-order valence-electron chi connectivity index (χ2n) is 18.8. The summed E-state index contributed by atoms with van der Waals surface area (Å²) in [5.74, 6) is -3.87. The Morgan fingerprint density at radius 2 is 0.843 bits per heavy atom. The maximum Gasteiger partial charge on any atom is 0.917 e. The van der Waals surface area contributed by atoms with E-state index in [-0.39, 0.29) is 0 Å². The predicted octanol–water partition coefficient (Wildman–Crippen LogP) is -15.9. The van der Waals surface area contributed by atoms with Crippen molar-refractivity contribution in [2.24, 2.45) is 0 Å². The predicted molar refractivity (Wildman–Crippen MR) is 315 cm³/mol. The third kappa shape index (κ3) is 34.0. The Labute approximate surface area is 617 Å².